The van der Waals surface area contributed by atoms with Gasteiger partial charge in [-0.2, -0.15) is 0 Å². The molecule has 21 heavy (non-hydrogen) atoms. The molecule has 116 valence electrons. The summed E-state index contributed by atoms with van der Waals surface area (Å²) in [5, 5.41) is 0. The van der Waals surface area contributed by atoms with Gasteiger partial charge in [0, 0.05) is 6.54 Å². The van der Waals surface area contributed by atoms with Crippen molar-refractivity contribution in [2.24, 2.45) is 11.7 Å². The van der Waals surface area contributed by atoms with Crippen LogP contribution in [0.3, 0.4) is 0 Å². The molecule has 0 amide bonds. The van der Waals surface area contributed by atoms with Crippen LogP contribution in [-0.4, -0.2) is 12.1 Å². The molecule has 2 nitrogen and oxygen atoms in total. The number of nitrogens with two attached hydrogens (primary N) is 1. The van der Waals surface area contributed by atoms with Crippen molar-refractivity contribution in [3.8, 4) is 0 Å². The van der Waals surface area contributed by atoms with Gasteiger partial charge in [0.2, 0.25) is 0 Å². The Labute approximate surface area is 129 Å². The Hall–Kier alpha value is -0.860. The van der Waals surface area contributed by atoms with Gasteiger partial charge in [0.05, 0.1) is 11.7 Å². The van der Waals surface area contributed by atoms with Gasteiger partial charge in [-0.05, 0) is 62.0 Å². The molecule has 0 aromatic heterocycles. The van der Waals surface area contributed by atoms with E-state index in [4.69, 9.17) is 10.5 Å². The number of hydrogen-bond acceptors (Lipinski definition) is 2. The van der Waals surface area contributed by atoms with Crippen molar-refractivity contribution in [3.63, 3.8) is 0 Å². The molecule has 1 atom stereocenters. The third-order valence-corrected chi connectivity index (χ3v) is 5.67. The molecule has 0 aliphatic heterocycles. The molecule has 2 N–H and O–H groups in total. The highest BCUT2D eigenvalue weighted by Crippen LogP contribution is 2.42. The molecular weight excluding hydrogens is 258 g/mol. The van der Waals surface area contributed by atoms with E-state index in [1.807, 2.05) is 0 Å². The molecule has 3 rings (SSSR count). The molecule has 2 aliphatic rings. The first-order chi connectivity index (χ1) is 10.3. The van der Waals surface area contributed by atoms with Crippen molar-refractivity contribution in [3.05, 3.63) is 35.4 Å². The van der Waals surface area contributed by atoms with Gasteiger partial charge in [-0.25, -0.2) is 0 Å². The number of aryl methyl sites for hydroxylation is 1. The van der Waals surface area contributed by atoms with Crippen LogP contribution in [0.4, 0.5) is 0 Å². The van der Waals surface area contributed by atoms with E-state index >= 15 is 0 Å². The number of rotatable bonds is 4. The summed E-state index contributed by atoms with van der Waals surface area (Å²) in [6.07, 6.45) is 9.98. The van der Waals surface area contributed by atoms with E-state index in [0.717, 1.165) is 25.2 Å². The fourth-order valence-corrected chi connectivity index (χ4v) is 4.12. The van der Waals surface area contributed by atoms with E-state index in [0.29, 0.717) is 6.54 Å². The van der Waals surface area contributed by atoms with Crippen molar-refractivity contribution in [1.29, 1.82) is 0 Å². The first-order valence-electron chi connectivity index (χ1n) is 8.72. The third kappa shape index (κ3) is 3.17. The van der Waals surface area contributed by atoms with E-state index in [1.165, 1.54) is 43.2 Å². The van der Waals surface area contributed by atoms with Gasteiger partial charge < -0.3 is 10.5 Å². The topological polar surface area (TPSA) is 35.2 Å². The predicted octanol–water partition coefficient (Wildman–Crippen LogP) is 4.38. The maximum atomic E-state index is 6.66. The van der Waals surface area contributed by atoms with Crippen molar-refractivity contribution < 1.29 is 4.74 Å². The Bertz CT molecular complexity index is 462. The number of hydrogen-bond donors (Lipinski definition) is 1. The van der Waals surface area contributed by atoms with Crippen LogP contribution in [0.5, 0.6) is 0 Å². The Morgan fingerprint density at radius 2 is 1.95 bits per heavy atom. The minimum Gasteiger partial charge on any atom is -0.366 e. The zero-order valence-electron chi connectivity index (χ0n) is 13.3. The van der Waals surface area contributed by atoms with Gasteiger partial charge in [0.1, 0.15) is 0 Å². The van der Waals surface area contributed by atoms with Gasteiger partial charge in [-0.3, -0.25) is 0 Å². The smallest absolute Gasteiger partial charge is 0.0835 e. The molecule has 2 aliphatic carbocycles. The largest absolute Gasteiger partial charge is 0.366 e. The van der Waals surface area contributed by atoms with Crippen LogP contribution in [0, 0.1) is 5.92 Å². The molecule has 0 saturated heterocycles. The average molecular weight is 287 g/mol. The van der Waals surface area contributed by atoms with Gasteiger partial charge >= 0.3 is 0 Å². The summed E-state index contributed by atoms with van der Waals surface area (Å²) < 4.78 is 6.66. The van der Waals surface area contributed by atoms with Gasteiger partial charge in [-0.1, -0.05) is 37.6 Å². The van der Waals surface area contributed by atoms with Crippen LogP contribution < -0.4 is 5.73 Å². The fraction of sp³-hybridized carbons (Fsp3) is 0.684. The van der Waals surface area contributed by atoms with E-state index in [1.54, 1.807) is 0 Å². The fourth-order valence-electron chi connectivity index (χ4n) is 4.12. The van der Waals surface area contributed by atoms with Crippen LogP contribution in [0.25, 0.3) is 0 Å². The van der Waals surface area contributed by atoms with Gasteiger partial charge in [0.15, 0.2) is 0 Å². The number of ether oxygens (including phenoxy) is 1. The third-order valence-electron chi connectivity index (χ3n) is 5.67. The Morgan fingerprint density at radius 3 is 2.67 bits per heavy atom. The highest BCUT2D eigenvalue weighted by atomic mass is 16.5. The summed E-state index contributed by atoms with van der Waals surface area (Å²) in [7, 11) is 0. The van der Waals surface area contributed by atoms with E-state index in [2.05, 4.69) is 31.2 Å². The molecule has 1 saturated carbocycles. The van der Waals surface area contributed by atoms with Crippen LogP contribution in [0.2, 0.25) is 0 Å². The van der Waals surface area contributed by atoms with Crippen molar-refractivity contribution in [1.82, 2.24) is 0 Å². The molecule has 0 heterocycles. The Balaban J connectivity index is 1.73. The summed E-state index contributed by atoms with van der Waals surface area (Å²) in [4.78, 5) is 0. The molecule has 0 radical (unpaired) electrons. The second kappa shape index (κ2) is 6.50. The molecule has 0 bridgehead atoms. The lowest BCUT2D eigenvalue weighted by Gasteiger charge is -2.42. The molecule has 1 unspecified atom stereocenters. The lowest BCUT2D eigenvalue weighted by molar-refractivity contribution is -0.121. The summed E-state index contributed by atoms with van der Waals surface area (Å²) in [6.45, 7) is 2.97. The summed E-state index contributed by atoms with van der Waals surface area (Å²) >= 11 is 0. The maximum Gasteiger partial charge on any atom is 0.0835 e. The minimum absolute atomic E-state index is 0.0687. The molecule has 2 heteroatoms. The maximum absolute atomic E-state index is 6.66. The molecule has 1 fully saturated rings. The standard InChI is InChI=1S/C19H29NO/c1-2-15-10-12-19(14-20,13-11-15)21-18-9-5-7-16-6-3-4-8-17(16)18/h3-4,6,8,15,18H,2,5,7,9-14,20H2,1H3. The van der Waals surface area contributed by atoms with Gasteiger partial charge in [0.25, 0.3) is 0 Å². The Kier molecular flexibility index (Phi) is 4.66. The second-order valence-electron chi connectivity index (χ2n) is 6.94. The van der Waals surface area contributed by atoms with Gasteiger partial charge in [-0.15, -0.1) is 0 Å². The summed E-state index contributed by atoms with van der Waals surface area (Å²) in [6, 6.07) is 8.80. The van der Waals surface area contributed by atoms with Crippen LogP contribution >= 0.6 is 0 Å². The summed E-state index contributed by atoms with van der Waals surface area (Å²) in [5.74, 6) is 0.881. The lowest BCUT2D eigenvalue weighted by Crippen LogP contribution is -2.45. The SMILES string of the molecule is CCC1CCC(CN)(OC2CCCc3ccccc32)CC1. The van der Waals surface area contributed by atoms with Crippen molar-refractivity contribution in [2.75, 3.05) is 6.54 Å². The molecular formula is C19H29NO. The van der Waals surface area contributed by atoms with E-state index in [-0.39, 0.29) is 11.7 Å². The molecule has 1 aromatic rings. The van der Waals surface area contributed by atoms with Crippen LogP contribution in [0.1, 0.15) is 69.1 Å². The molecule has 0 spiro atoms. The first-order valence-corrected chi connectivity index (χ1v) is 8.72. The number of benzene rings is 1. The lowest BCUT2D eigenvalue weighted by atomic mass is 9.77. The number of fused-ring (bicyclic) bond motifs is 1. The summed E-state index contributed by atoms with van der Waals surface area (Å²) in [5.41, 5.74) is 8.96. The minimum atomic E-state index is -0.0687. The quantitative estimate of drug-likeness (QED) is 0.892. The normalized spacial score (nSPS) is 32.7. The van der Waals surface area contributed by atoms with E-state index in [9.17, 15) is 0 Å². The van der Waals surface area contributed by atoms with Crippen LogP contribution in [-0.2, 0) is 11.2 Å². The zero-order chi connectivity index (χ0) is 14.7. The predicted molar refractivity (Wildman–Crippen MR) is 87.2 cm³/mol. The Morgan fingerprint density at radius 1 is 1.19 bits per heavy atom. The zero-order valence-corrected chi connectivity index (χ0v) is 13.3. The van der Waals surface area contributed by atoms with Crippen molar-refractivity contribution in [2.45, 2.75) is 70.0 Å². The van der Waals surface area contributed by atoms with Crippen LogP contribution in [0.15, 0.2) is 24.3 Å². The van der Waals surface area contributed by atoms with Crippen molar-refractivity contribution >= 4 is 0 Å². The average Bonchev–Trinajstić information content (AvgIpc) is 2.56. The van der Waals surface area contributed by atoms with E-state index < -0.39 is 0 Å². The second-order valence-corrected chi connectivity index (χ2v) is 6.94. The molecule has 1 aromatic carbocycles. The first kappa shape index (κ1) is 15.1. The highest BCUT2D eigenvalue weighted by Gasteiger charge is 2.37. The monoisotopic (exact) mass is 287 g/mol. The highest BCUT2D eigenvalue weighted by molar-refractivity contribution is 5.31.